The summed E-state index contributed by atoms with van der Waals surface area (Å²) in [4.78, 5) is 20.8. The molecule has 1 aromatic heterocycles. The van der Waals surface area contributed by atoms with Crippen molar-refractivity contribution < 1.29 is 4.79 Å². The van der Waals surface area contributed by atoms with E-state index in [0.717, 1.165) is 17.8 Å². The number of aryl methyl sites for hydroxylation is 1. The van der Waals surface area contributed by atoms with Gasteiger partial charge in [0, 0.05) is 25.2 Å². The summed E-state index contributed by atoms with van der Waals surface area (Å²) >= 11 is 0. The van der Waals surface area contributed by atoms with Crippen LogP contribution in [0.5, 0.6) is 0 Å². The normalized spacial score (nSPS) is 11.0. The van der Waals surface area contributed by atoms with Gasteiger partial charge >= 0.3 is 0 Å². The van der Waals surface area contributed by atoms with Gasteiger partial charge in [0.15, 0.2) is 5.96 Å². The topological polar surface area (TPSA) is 78.4 Å². The number of aromatic nitrogens is 1. The number of hydrogen-bond donors (Lipinski definition) is 3. The van der Waals surface area contributed by atoms with Crippen molar-refractivity contribution in [3.8, 4) is 0 Å². The highest BCUT2D eigenvalue weighted by molar-refractivity contribution is 5.90. The van der Waals surface area contributed by atoms with Gasteiger partial charge in [-0.25, -0.2) is 9.98 Å². The van der Waals surface area contributed by atoms with Crippen LogP contribution in [0.15, 0.2) is 53.5 Å². The van der Waals surface area contributed by atoms with E-state index in [0.29, 0.717) is 31.3 Å². The maximum absolute atomic E-state index is 12.0. The highest BCUT2D eigenvalue weighted by atomic mass is 16.1. The minimum absolute atomic E-state index is 0.0792. The Balaban J connectivity index is 1.79. The number of rotatable bonds is 7. The van der Waals surface area contributed by atoms with Gasteiger partial charge in [0.05, 0.1) is 6.54 Å². The molecule has 0 aliphatic rings. The third-order valence-electron chi connectivity index (χ3n) is 3.41. The molecule has 0 unspecified atom stereocenters. The molecule has 0 aliphatic heterocycles. The average molecular weight is 339 g/mol. The molecular formula is C19H25N5O. The Morgan fingerprint density at radius 2 is 1.88 bits per heavy atom. The highest BCUT2D eigenvalue weighted by Gasteiger charge is 2.04. The lowest BCUT2D eigenvalue weighted by molar-refractivity contribution is -0.116. The number of guanidine groups is 1. The number of aliphatic imine (C=N–C) groups is 1. The predicted octanol–water partition coefficient (Wildman–Crippen LogP) is 2.47. The Kier molecular flexibility index (Phi) is 7.43. The number of benzene rings is 1. The lowest BCUT2D eigenvalue weighted by atomic mass is 10.2. The van der Waals surface area contributed by atoms with Gasteiger partial charge in [0.2, 0.25) is 5.91 Å². The van der Waals surface area contributed by atoms with E-state index in [1.165, 1.54) is 0 Å². The second-order valence-electron chi connectivity index (χ2n) is 5.57. The van der Waals surface area contributed by atoms with Crippen molar-refractivity contribution in [2.75, 3.05) is 18.4 Å². The van der Waals surface area contributed by atoms with Crippen molar-refractivity contribution in [1.82, 2.24) is 15.6 Å². The van der Waals surface area contributed by atoms with Crippen LogP contribution in [0.1, 0.15) is 24.6 Å². The second kappa shape index (κ2) is 10.1. The fourth-order valence-electron chi connectivity index (χ4n) is 2.21. The number of nitrogens with one attached hydrogen (secondary N) is 3. The fraction of sp³-hybridized carbons (Fsp3) is 0.316. The molecule has 6 nitrogen and oxygen atoms in total. The third-order valence-corrected chi connectivity index (χ3v) is 3.41. The average Bonchev–Trinajstić information content (AvgIpc) is 2.60. The Labute approximate surface area is 148 Å². The first-order valence-electron chi connectivity index (χ1n) is 8.47. The van der Waals surface area contributed by atoms with E-state index >= 15 is 0 Å². The molecule has 132 valence electrons. The number of carbonyl (C=O) groups is 1. The lowest BCUT2D eigenvalue weighted by Crippen LogP contribution is -2.38. The molecule has 1 amide bonds. The monoisotopic (exact) mass is 339 g/mol. The number of anilines is 1. The van der Waals surface area contributed by atoms with Crippen molar-refractivity contribution in [3.05, 3.63) is 59.8 Å². The van der Waals surface area contributed by atoms with E-state index in [9.17, 15) is 4.79 Å². The molecule has 0 atom stereocenters. The summed E-state index contributed by atoms with van der Waals surface area (Å²) in [5.41, 5.74) is 2.02. The minimum atomic E-state index is -0.0792. The molecule has 6 heteroatoms. The maximum Gasteiger partial charge on any atom is 0.227 e. The number of nitrogens with zero attached hydrogens (tertiary/aromatic N) is 2. The van der Waals surface area contributed by atoms with E-state index in [1.54, 1.807) is 6.07 Å². The predicted molar refractivity (Wildman–Crippen MR) is 101 cm³/mol. The van der Waals surface area contributed by atoms with E-state index in [4.69, 9.17) is 0 Å². The van der Waals surface area contributed by atoms with Gasteiger partial charge in [-0.3, -0.25) is 4.79 Å². The zero-order chi connectivity index (χ0) is 17.9. The maximum atomic E-state index is 12.0. The van der Waals surface area contributed by atoms with E-state index in [-0.39, 0.29) is 5.91 Å². The Bertz CT molecular complexity index is 700. The van der Waals surface area contributed by atoms with Crippen LogP contribution < -0.4 is 16.0 Å². The minimum Gasteiger partial charge on any atom is -0.357 e. The van der Waals surface area contributed by atoms with Crippen LogP contribution in [-0.2, 0) is 11.3 Å². The summed E-state index contributed by atoms with van der Waals surface area (Å²) < 4.78 is 0. The van der Waals surface area contributed by atoms with Gasteiger partial charge in [-0.1, -0.05) is 36.4 Å². The van der Waals surface area contributed by atoms with Crippen molar-refractivity contribution in [3.63, 3.8) is 0 Å². The summed E-state index contributed by atoms with van der Waals surface area (Å²) in [6.07, 6.45) is 0.339. The Morgan fingerprint density at radius 3 is 2.60 bits per heavy atom. The molecule has 25 heavy (non-hydrogen) atoms. The van der Waals surface area contributed by atoms with E-state index in [2.05, 4.69) is 25.9 Å². The van der Waals surface area contributed by atoms with Gasteiger partial charge in [-0.2, -0.15) is 0 Å². The van der Waals surface area contributed by atoms with Gasteiger partial charge in [-0.05, 0) is 31.5 Å². The molecule has 2 rings (SSSR count). The number of carbonyl (C=O) groups excluding carboxylic acids is 1. The SMILES string of the molecule is CCNC(=NCc1ccccc1)NCCC(=O)Nc1cccc(C)n1. The molecule has 0 aliphatic carbocycles. The summed E-state index contributed by atoms with van der Waals surface area (Å²) in [6, 6.07) is 15.6. The van der Waals surface area contributed by atoms with Crippen molar-refractivity contribution >= 4 is 17.7 Å². The highest BCUT2D eigenvalue weighted by Crippen LogP contribution is 2.04. The van der Waals surface area contributed by atoms with Gasteiger partial charge in [-0.15, -0.1) is 0 Å². The third kappa shape index (κ3) is 7.03. The summed E-state index contributed by atoms with van der Waals surface area (Å²) in [5.74, 6) is 1.20. The van der Waals surface area contributed by atoms with E-state index < -0.39 is 0 Å². The molecular weight excluding hydrogens is 314 g/mol. The van der Waals surface area contributed by atoms with Crippen molar-refractivity contribution in [1.29, 1.82) is 0 Å². The first-order valence-corrected chi connectivity index (χ1v) is 8.47. The zero-order valence-corrected chi connectivity index (χ0v) is 14.7. The molecule has 1 aromatic carbocycles. The summed E-state index contributed by atoms with van der Waals surface area (Å²) in [6.45, 7) is 5.76. The largest absolute Gasteiger partial charge is 0.357 e. The molecule has 0 bridgehead atoms. The molecule has 0 spiro atoms. The van der Waals surface area contributed by atoms with Crippen LogP contribution in [0.25, 0.3) is 0 Å². The zero-order valence-electron chi connectivity index (χ0n) is 14.7. The molecule has 3 N–H and O–H groups in total. The Hall–Kier alpha value is -2.89. The quantitative estimate of drug-likeness (QED) is 0.535. The van der Waals surface area contributed by atoms with Gasteiger partial charge < -0.3 is 16.0 Å². The van der Waals surface area contributed by atoms with Crippen LogP contribution in [0.2, 0.25) is 0 Å². The van der Waals surface area contributed by atoms with Crippen molar-refractivity contribution in [2.24, 2.45) is 4.99 Å². The molecule has 1 heterocycles. The summed E-state index contributed by atoms with van der Waals surface area (Å²) in [7, 11) is 0. The number of amides is 1. The van der Waals surface area contributed by atoms with Gasteiger partial charge in [0.1, 0.15) is 5.82 Å². The number of pyridine rings is 1. The van der Waals surface area contributed by atoms with Crippen molar-refractivity contribution in [2.45, 2.75) is 26.8 Å². The van der Waals surface area contributed by atoms with E-state index in [1.807, 2.05) is 56.3 Å². The molecule has 2 aromatic rings. The van der Waals surface area contributed by atoms with Crippen LogP contribution in [0.3, 0.4) is 0 Å². The summed E-state index contributed by atoms with van der Waals surface area (Å²) in [5, 5.41) is 9.15. The van der Waals surface area contributed by atoms with Crippen LogP contribution in [0.4, 0.5) is 5.82 Å². The van der Waals surface area contributed by atoms with Crippen LogP contribution in [0, 0.1) is 6.92 Å². The fourth-order valence-corrected chi connectivity index (χ4v) is 2.21. The first-order chi connectivity index (χ1) is 12.2. The van der Waals surface area contributed by atoms with Crippen LogP contribution >= 0.6 is 0 Å². The molecule has 0 fully saturated rings. The van der Waals surface area contributed by atoms with Crippen LogP contribution in [-0.4, -0.2) is 29.9 Å². The standard InChI is InChI=1S/C19H25N5O/c1-3-20-19(22-14-16-9-5-4-6-10-16)21-13-12-18(25)24-17-11-7-8-15(2)23-17/h4-11H,3,12-14H2,1-2H3,(H2,20,21,22)(H,23,24,25). The molecule has 0 saturated carbocycles. The smallest absolute Gasteiger partial charge is 0.227 e. The molecule has 0 saturated heterocycles. The van der Waals surface area contributed by atoms with Gasteiger partial charge in [0.25, 0.3) is 0 Å². The first kappa shape index (κ1) is 18.4. The lowest BCUT2D eigenvalue weighted by Gasteiger charge is -2.11. The Morgan fingerprint density at radius 1 is 1.08 bits per heavy atom. The number of hydrogen-bond acceptors (Lipinski definition) is 3. The second-order valence-corrected chi connectivity index (χ2v) is 5.57. The molecule has 0 radical (unpaired) electrons.